The number of alkyl halides is 6. The van der Waals surface area contributed by atoms with Gasteiger partial charge in [-0.2, -0.15) is 26.3 Å². The summed E-state index contributed by atoms with van der Waals surface area (Å²) in [4.78, 5) is 11.2. The molecule has 0 heterocycles. The summed E-state index contributed by atoms with van der Waals surface area (Å²) in [7, 11) is 0. The number of ether oxygens (including phenoxy) is 3. The van der Waals surface area contributed by atoms with Crippen LogP contribution >= 0.6 is 0 Å². The lowest BCUT2D eigenvalue weighted by atomic mass is 10.4. The van der Waals surface area contributed by atoms with Gasteiger partial charge in [-0.3, -0.25) is 0 Å². The zero-order valence-corrected chi connectivity index (χ0v) is 10.7. The van der Waals surface area contributed by atoms with Gasteiger partial charge in [0.15, 0.2) is 6.10 Å². The number of rotatable bonds is 7. The molecular formula is C10H14F6O4. The molecule has 0 rings (SSSR count). The van der Waals surface area contributed by atoms with Gasteiger partial charge in [-0.15, -0.1) is 0 Å². The molecule has 0 N–H and O–H groups in total. The first-order chi connectivity index (χ1) is 8.91. The number of carbonyl (C=O) groups is 1. The van der Waals surface area contributed by atoms with Crippen LogP contribution in [0.4, 0.5) is 26.3 Å². The topological polar surface area (TPSA) is 44.8 Å². The zero-order valence-electron chi connectivity index (χ0n) is 10.7. The Morgan fingerprint density at radius 3 is 1.95 bits per heavy atom. The van der Waals surface area contributed by atoms with Gasteiger partial charge in [-0.25, -0.2) is 4.79 Å². The minimum Gasteiger partial charge on any atom is -0.458 e. The molecule has 2 atom stereocenters. The zero-order chi connectivity index (χ0) is 16.0. The van der Waals surface area contributed by atoms with Crippen molar-refractivity contribution in [2.75, 3.05) is 19.8 Å². The predicted octanol–water partition coefficient (Wildman–Crippen LogP) is 2.46. The maximum Gasteiger partial charge on any atom is 0.411 e. The summed E-state index contributed by atoms with van der Waals surface area (Å²) in [6.07, 6.45) is -11.6. The highest BCUT2D eigenvalue weighted by molar-refractivity contribution is 5.74. The van der Waals surface area contributed by atoms with Crippen molar-refractivity contribution in [3.05, 3.63) is 0 Å². The third kappa shape index (κ3) is 10.9. The molecule has 0 amide bonds. The van der Waals surface area contributed by atoms with E-state index in [0.29, 0.717) is 0 Å². The lowest BCUT2D eigenvalue weighted by Crippen LogP contribution is -2.32. The second-order valence-corrected chi connectivity index (χ2v) is 3.95. The standard InChI is InChI=1S/C10H14F6O4/c1-6(3-18-4-9(11,12)13)20-8(17)7(2)19-5-10(14,15)16/h6-7H,3-5H2,1-2H3. The summed E-state index contributed by atoms with van der Waals surface area (Å²) in [5.74, 6) is -1.11. The first-order valence-electron chi connectivity index (χ1n) is 5.44. The van der Waals surface area contributed by atoms with E-state index in [4.69, 9.17) is 0 Å². The number of carbonyl (C=O) groups excluding carboxylic acids is 1. The SMILES string of the molecule is CC(COCC(F)(F)F)OC(=O)C(C)OCC(F)(F)F. The Labute approximate surface area is 111 Å². The average molecular weight is 312 g/mol. The van der Waals surface area contributed by atoms with E-state index in [2.05, 4.69) is 14.2 Å². The van der Waals surface area contributed by atoms with Gasteiger partial charge >= 0.3 is 18.3 Å². The Kier molecular flexibility index (Phi) is 7.28. The second-order valence-electron chi connectivity index (χ2n) is 3.95. The number of hydrogen-bond donors (Lipinski definition) is 0. The average Bonchev–Trinajstić information content (AvgIpc) is 2.22. The molecule has 0 saturated carbocycles. The molecule has 4 nitrogen and oxygen atoms in total. The van der Waals surface area contributed by atoms with Crippen molar-refractivity contribution in [1.82, 2.24) is 0 Å². The lowest BCUT2D eigenvalue weighted by molar-refractivity contribution is -0.198. The molecule has 0 aromatic carbocycles. The fourth-order valence-electron chi connectivity index (χ4n) is 0.956. The fraction of sp³-hybridized carbons (Fsp3) is 0.900. The van der Waals surface area contributed by atoms with E-state index >= 15 is 0 Å². The molecule has 0 radical (unpaired) electrons. The Hall–Kier alpha value is -1.03. The first-order valence-corrected chi connectivity index (χ1v) is 5.44. The molecular weight excluding hydrogens is 298 g/mol. The molecule has 20 heavy (non-hydrogen) atoms. The number of hydrogen-bond acceptors (Lipinski definition) is 4. The summed E-state index contributed by atoms with van der Waals surface area (Å²) in [6, 6.07) is 0. The summed E-state index contributed by atoms with van der Waals surface area (Å²) in [6.45, 7) is -1.38. The summed E-state index contributed by atoms with van der Waals surface area (Å²) in [5.41, 5.74) is 0. The highest BCUT2D eigenvalue weighted by atomic mass is 19.4. The van der Waals surface area contributed by atoms with E-state index in [-0.39, 0.29) is 0 Å². The molecule has 10 heteroatoms. The largest absolute Gasteiger partial charge is 0.458 e. The molecule has 0 aliphatic carbocycles. The van der Waals surface area contributed by atoms with Crippen molar-refractivity contribution in [3.8, 4) is 0 Å². The number of esters is 1. The first kappa shape index (κ1) is 19.0. The van der Waals surface area contributed by atoms with E-state index < -0.39 is 50.4 Å². The molecule has 0 bridgehead atoms. The maximum atomic E-state index is 11.8. The van der Waals surface area contributed by atoms with Crippen LogP contribution in [0.25, 0.3) is 0 Å². The minimum atomic E-state index is -4.59. The second kappa shape index (κ2) is 7.67. The highest BCUT2D eigenvalue weighted by Crippen LogP contribution is 2.16. The van der Waals surface area contributed by atoms with Crippen LogP contribution in [0.15, 0.2) is 0 Å². The van der Waals surface area contributed by atoms with E-state index in [1.54, 1.807) is 0 Å². The van der Waals surface area contributed by atoms with Crippen LogP contribution in [0, 0.1) is 0 Å². The van der Waals surface area contributed by atoms with Crippen LogP contribution < -0.4 is 0 Å². The van der Waals surface area contributed by atoms with Crippen LogP contribution in [-0.2, 0) is 19.0 Å². The van der Waals surface area contributed by atoms with Crippen molar-refractivity contribution in [2.45, 2.75) is 38.4 Å². The van der Waals surface area contributed by atoms with Crippen LogP contribution in [0.3, 0.4) is 0 Å². The van der Waals surface area contributed by atoms with E-state index in [9.17, 15) is 31.1 Å². The van der Waals surface area contributed by atoms with Crippen LogP contribution in [0.5, 0.6) is 0 Å². The van der Waals surface area contributed by atoms with Crippen molar-refractivity contribution in [2.24, 2.45) is 0 Å². The normalized spacial score (nSPS) is 15.8. The predicted molar refractivity (Wildman–Crippen MR) is 53.9 cm³/mol. The summed E-state index contributed by atoms with van der Waals surface area (Å²) >= 11 is 0. The smallest absolute Gasteiger partial charge is 0.411 e. The van der Waals surface area contributed by atoms with Crippen molar-refractivity contribution in [3.63, 3.8) is 0 Å². The molecule has 0 aromatic rings. The quantitative estimate of drug-likeness (QED) is 0.535. The van der Waals surface area contributed by atoms with E-state index in [0.717, 1.165) is 6.92 Å². The Morgan fingerprint density at radius 2 is 1.50 bits per heavy atom. The summed E-state index contributed by atoms with van der Waals surface area (Å²) in [5, 5.41) is 0. The van der Waals surface area contributed by atoms with Gasteiger partial charge in [-0.05, 0) is 13.8 Å². The summed E-state index contributed by atoms with van der Waals surface area (Å²) < 4.78 is 83.7. The van der Waals surface area contributed by atoms with E-state index in [1.807, 2.05) is 0 Å². The van der Waals surface area contributed by atoms with Crippen LogP contribution in [-0.4, -0.2) is 50.4 Å². The van der Waals surface area contributed by atoms with Gasteiger partial charge in [0, 0.05) is 0 Å². The van der Waals surface area contributed by atoms with Crippen LogP contribution in [0.1, 0.15) is 13.8 Å². The van der Waals surface area contributed by atoms with Gasteiger partial charge in [0.25, 0.3) is 0 Å². The molecule has 0 aliphatic heterocycles. The van der Waals surface area contributed by atoms with Gasteiger partial charge in [0.1, 0.15) is 19.3 Å². The third-order valence-electron chi connectivity index (χ3n) is 1.76. The molecule has 0 spiro atoms. The Bertz CT molecular complexity index is 301. The highest BCUT2D eigenvalue weighted by Gasteiger charge is 2.31. The maximum absolute atomic E-state index is 11.8. The van der Waals surface area contributed by atoms with Gasteiger partial charge in [0.05, 0.1) is 6.61 Å². The Balaban J connectivity index is 3.94. The van der Waals surface area contributed by atoms with Gasteiger partial charge in [0.2, 0.25) is 0 Å². The third-order valence-corrected chi connectivity index (χ3v) is 1.76. The molecule has 2 unspecified atom stereocenters. The molecule has 0 aromatic heterocycles. The van der Waals surface area contributed by atoms with Gasteiger partial charge in [-0.1, -0.05) is 0 Å². The molecule has 0 aliphatic rings. The monoisotopic (exact) mass is 312 g/mol. The fourth-order valence-corrected chi connectivity index (χ4v) is 0.956. The minimum absolute atomic E-state index is 0.531. The van der Waals surface area contributed by atoms with Crippen LogP contribution in [0.2, 0.25) is 0 Å². The van der Waals surface area contributed by atoms with Crippen molar-refractivity contribution >= 4 is 5.97 Å². The van der Waals surface area contributed by atoms with E-state index in [1.165, 1.54) is 6.92 Å². The van der Waals surface area contributed by atoms with Crippen molar-refractivity contribution in [1.29, 1.82) is 0 Å². The lowest BCUT2D eigenvalue weighted by Gasteiger charge is -2.18. The van der Waals surface area contributed by atoms with Gasteiger partial charge < -0.3 is 14.2 Å². The Morgan fingerprint density at radius 1 is 1.00 bits per heavy atom. The molecule has 0 fully saturated rings. The molecule has 0 saturated heterocycles. The van der Waals surface area contributed by atoms with Crippen molar-refractivity contribution < 1.29 is 45.3 Å². The number of halogens is 6. The molecule has 120 valence electrons.